The van der Waals surface area contributed by atoms with Crippen molar-refractivity contribution in [3.05, 3.63) is 95.1 Å². The van der Waals surface area contributed by atoms with Crippen LogP contribution in [0.4, 0.5) is 0 Å². The third kappa shape index (κ3) is 4.38. The number of nitrogens with two attached hydrogens (primary N) is 1. The second-order valence-corrected chi connectivity index (χ2v) is 9.38. The van der Waals surface area contributed by atoms with Crippen molar-refractivity contribution in [2.75, 3.05) is 0 Å². The maximum atomic E-state index is 13.4. The lowest BCUT2D eigenvalue weighted by Crippen LogP contribution is -2.14. The number of hydrogen-bond donors (Lipinski definition) is 1. The van der Waals surface area contributed by atoms with Gasteiger partial charge in [-0.15, -0.1) is 0 Å². The first-order chi connectivity index (χ1) is 15.4. The molecule has 4 aromatic rings. The van der Waals surface area contributed by atoms with Gasteiger partial charge in [-0.05, 0) is 34.9 Å². The van der Waals surface area contributed by atoms with Crippen molar-refractivity contribution in [2.24, 2.45) is 5.73 Å². The average molecular weight is 445 g/mol. The Morgan fingerprint density at radius 3 is 2.44 bits per heavy atom. The number of fused-ring (bicyclic) bond motifs is 1. The Morgan fingerprint density at radius 1 is 1.00 bits per heavy atom. The van der Waals surface area contributed by atoms with Crippen molar-refractivity contribution < 1.29 is 13.2 Å². The molecule has 2 N–H and O–H groups in total. The van der Waals surface area contributed by atoms with Gasteiger partial charge in [0.25, 0.3) is 0 Å². The maximum absolute atomic E-state index is 13.4. The van der Waals surface area contributed by atoms with Crippen LogP contribution >= 0.6 is 0 Å². The summed E-state index contributed by atoms with van der Waals surface area (Å²) in [5, 5.41) is 14.0. The second-order valence-electron chi connectivity index (χ2n) is 7.47. The number of benzene rings is 3. The molecule has 7 nitrogen and oxygen atoms in total. The molecule has 0 aliphatic heterocycles. The van der Waals surface area contributed by atoms with E-state index in [4.69, 9.17) is 5.73 Å². The van der Waals surface area contributed by atoms with Crippen LogP contribution in [0.3, 0.4) is 0 Å². The number of amides is 1. The third-order valence-electron chi connectivity index (χ3n) is 5.08. The van der Waals surface area contributed by atoms with Crippen LogP contribution in [0.1, 0.15) is 22.3 Å². The van der Waals surface area contributed by atoms with Gasteiger partial charge >= 0.3 is 0 Å². The lowest BCUT2D eigenvalue weighted by atomic mass is 10.1. The minimum absolute atomic E-state index is 0.0790. The molecule has 1 amide bonds. The van der Waals surface area contributed by atoms with Crippen LogP contribution in [0.5, 0.6) is 0 Å². The van der Waals surface area contributed by atoms with E-state index in [0.717, 1.165) is 5.56 Å². The van der Waals surface area contributed by atoms with Gasteiger partial charge in [0.15, 0.2) is 5.03 Å². The fourth-order valence-corrected chi connectivity index (χ4v) is 5.25. The summed E-state index contributed by atoms with van der Waals surface area (Å²) < 4.78 is 28.4. The van der Waals surface area contributed by atoms with Crippen LogP contribution in [-0.4, -0.2) is 24.1 Å². The molecule has 8 heteroatoms. The minimum atomic E-state index is -3.82. The van der Waals surface area contributed by atoms with E-state index in [0.29, 0.717) is 27.6 Å². The van der Waals surface area contributed by atoms with Crippen molar-refractivity contribution in [1.29, 1.82) is 5.26 Å². The Bertz CT molecular complexity index is 1450. The van der Waals surface area contributed by atoms with Gasteiger partial charge in [0.05, 0.1) is 35.9 Å². The van der Waals surface area contributed by atoms with E-state index in [9.17, 15) is 18.5 Å². The monoisotopic (exact) mass is 444 g/mol. The molecule has 0 fully saturated rings. The molecule has 0 radical (unpaired) electrons. The first-order valence-electron chi connectivity index (χ1n) is 9.90. The van der Waals surface area contributed by atoms with E-state index in [1.54, 1.807) is 65.3 Å². The van der Waals surface area contributed by atoms with Crippen molar-refractivity contribution in [3.8, 4) is 6.07 Å². The molecular formula is C24H20N4O3S. The van der Waals surface area contributed by atoms with Gasteiger partial charge in [-0.3, -0.25) is 9.48 Å². The predicted molar refractivity (Wildman–Crippen MR) is 120 cm³/mol. The number of hydrogen-bond acceptors (Lipinski definition) is 5. The number of nitrogens with zero attached hydrogens (tertiary/aromatic N) is 3. The van der Waals surface area contributed by atoms with Crippen LogP contribution in [0.25, 0.3) is 10.9 Å². The van der Waals surface area contributed by atoms with Crippen molar-refractivity contribution in [2.45, 2.75) is 23.7 Å². The quantitative estimate of drug-likeness (QED) is 0.470. The Kier molecular flexibility index (Phi) is 5.75. The first kappa shape index (κ1) is 21.3. The number of nitriles is 1. The number of carbonyl (C=O) groups is 1. The first-order valence-corrected chi connectivity index (χ1v) is 11.5. The molecule has 32 heavy (non-hydrogen) atoms. The fraction of sp³-hybridized carbons (Fsp3) is 0.125. The molecule has 4 rings (SSSR count). The van der Waals surface area contributed by atoms with Gasteiger partial charge in [-0.25, -0.2) is 8.42 Å². The standard InChI is InChI=1S/C24H20N4O3S/c25-14-18-8-4-9-19(12-18)15-28-21-11-5-10-20(13-22(26)29)23(21)24(27-28)32(30,31)16-17-6-2-1-3-7-17/h1-12H,13,15-16H2,(H2,26,29). The highest BCUT2D eigenvalue weighted by Crippen LogP contribution is 2.29. The topological polar surface area (TPSA) is 119 Å². The highest BCUT2D eigenvalue weighted by molar-refractivity contribution is 7.90. The van der Waals surface area contributed by atoms with Crippen LogP contribution in [0.15, 0.2) is 77.8 Å². The largest absolute Gasteiger partial charge is 0.369 e. The summed E-state index contributed by atoms with van der Waals surface area (Å²) >= 11 is 0. The smallest absolute Gasteiger partial charge is 0.221 e. The van der Waals surface area contributed by atoms with Crippen molar-refractivity contribution in [3.63, 3.8) is 0 Å². The molecule has 0 spiro atoms. The van der Waals surface area contributed by atoms with Crippen LogP contribution in [0.2, 0.25) is 0 Å². The van der Waals surface area contributed by atoms with Gasteiger partial charge < -0.3 is 5.73 Å². The normalized spacial score (nSPS) is 11.3. The van der Waals surface area contributed by atoms with Gasteiger partial charge in [-0.2, -0.15) is 10.4 Å². The molecular weight excluding hydrogens is 424 g/mol. The Balaban J connectivity index is 1.87. The number of carbonyl (C=O) groups excluding carboxylic acids is 1. The summed E-state index contributed by atoms with van der Waals surface area (Å²) in [6.45, 7) is 0.271. The molecule has 0 aliphatic rings. The molecule has 0 aliphatic carbocycles. The summed E-state index contributed by atoms with van der Waals surface area (Å²) in [7, 11) is -3.82. The van der Waals surface area contributed by atoms with E-state index in [1.165, 1.54) is 0 Å². The van der Waals surface area contributed by atoms with Gasteiger partial charge in [0.1, 0.15) is 0 Å². The number of sulfone groups is 1. The highest BCUT2D eigenvalue weighted by Gasteiger charge is 2.26. The summed E-state index contributed by atoms with van der Waals surface area (Å²) in [5.41, 5.74) is 8.46. The highest BCUT2D eigenvalue weighted by atomic mass is 32.2. The van der Waals surface area contributed by atoms with E-state index >= 15 is 0 Å². The van der Waals surface area contributed by atoms with E-state index in [-0.39, 0.29) is 23.7 Å². The number of aromatic nitrogens is 2. The molecule has 0 atom stereocenters. The number of rotatable bonds is 7. The zero-order valence-corrected chi connectivity index (χ0v) is 17.9. The molecule has 1 aromatic heterocycles. The lowest BCUT2D eigenvalue weighted by Gasteiger charge is -2.06. The Morgan fingerprint density at radius 2 is 1.72 bits per heavy atom. The zero-order valence-electron chi connectivity index (χ0n) is 17.1. The average Bonchev–Trinajstić information content (AvgIpc) is 3.14. The van der Waals surface area contributed by atoms with Crippen LogP contribution in [0, 0.1) is 11.3 Å². The zero-order chi connectivity index (χ0) is 22.7. The molecule has 0 saturated carbocycles. The summed E-state index contributed by atoms with van der Waals surface area (Å²) in [4.78, 5) is 11.6. The van der Waals surface area contributed by atoms with Gasteiger partial charge in [0.2, 0.25) is 15.7 Å². The Hall–Kier alpha value is -3.96. The second kappa shape index (κ2) is 8.65. The lowest BCUT2D eigenvalue weighted by molar-refractivity contribution is -0.117. The molecule has 0 bridgehead atoms. The van der Waals surface area contributed by atoms with Crippen LogP contribution in [-0.2, 0) is 33.4 Å². The molecule has 3 aromatic carbocycles. The molecule has 160 valence electrons. The van der Waals surface area contributed by atoms with E-state index in [1.807, 2.05) is 12.1 Å². The van der Waals surface area contributed by atoms with Gasteiger partial charge in [-0.1, -0.05) is 54.6 Å². The predicted octanol–water partition coefficient (Wildman–Crippen LogP) is 2.96. The van der Waals surface area contributed by atoms with Crippen molar-refractivity contribution >= 4 is 26.6 Å². The third-order valence-corrected chi connectivity index (χ3v) is 6.67. The minimum Gasteiger partial charge on any atom is -0.369 e. The summed E-state index contributed by atoms with van der Waals surface area (Å²) in [5.74, 6) is -0.771. The fourth-order valence-electron chi connectivity index (χ4n) is 3.71. The number of primary amides is 1. The van der Waals surface area contributed by atoms with Crippen molar-refractivity contribution in [1.82, 2.24) is 9.78 Å². The Labute approximate surface area is 185 Å². The summed E-state index contributed by atoms with van der Waals surface area (Å²) in [6, 6.07) is 23.2. The molecule has 1 heterocycles. The van der Waals surface area contributed by atoms with Gasteiger partial charge in [0, 0.05) is 5.39 Å². The summed E-state index contributed by atoms with van der Waals surface area (Å²) in [6.07, 6.45) is -0.0964. The van der Waals surface area contributed by atoms with E-state index < -0.39 is 15.7 Å². The van der Waals surface area contributed by atoms with Crippen LogP contribution < -0.4 is 5.73 Å². The SMILES string of the molecule is N#Cc1cccc(Cn2nc(S(=O)(=O)Cc3ccccc3)c3c(CC(N)=O)cccc32)c1. The maximum Gasteiger partial charge on any atom is 0.221 e. The molecule has 0 unspecified atom stereocenters. The molecule has 0 saturated heterocycles. The van der Waals surface area contributed by atoms with E-state index in [2.05, 4.69) is 11.2 Å².